The Labute approximate surface area is 173 Å². The SMILES string of the molecule is C=C.Cc1ccc(NC(=O)C2(c3ccccc3)CC2)cc1-c1ccc(CN)cc1. The van der Waals surface area contributed by atoms with Crippen LogP contribution < -0.4 is 11.1 Å². The van der Waals surface area contributed by atoms with E-state index in [1.165, 1.54) is 5.56 Å². The number of anilines is 1. The number of nitrogens with one attached hydrogen (secondary N) is 1. The van der Waals surface area contributed by atoms with E-state index in [0.29, 0.717) is 6.54 Å². The Hall–Kier alpha value is -3.17. The number of benzene rings is 3. The van der Waals surface area contributed by atoms with Gasteiger partial charge in [-0.05, 0) is 59.7 Å². The maximum atomic E-state index is 13.0. The molecular weight excluding hydrogens is 356 g/mol. The van der Waals surface area contributed by atoms with Gasteiger partial charge in [0.2, 0.25) is 5.91 Å². The number of aryl methyl sites for hydroxylation is 1. The summed E-state index contributed by atoms with van der Waals surface area (Å²) in [7, 11) is 0. The molecule has 0 aromatic heterocycles. The van der Waals surface area contributed by atoms with Crippen molar-refractivity contribution in [1.82, 2.24) is 0 Å². The Bertz CT molecular complexity index is 973. The molecule has 3 aromatic carbocycles. The highest BCUT2D eigenvalue weighted by atomic mass is 16.2. The minimum absolute atomic E-state index is 0.0852. The molecule has 4 rings (SSSR count). The molecule has 0 atom stereocenters. The lowest BCUT2D eigenvalue weighted by molar-refractivity contribution is -0.118. The highest BCUT2D eigenvalue weighted by molar-refractivity contribution is 6.01. The molecule has 3 heteroatoms. The predicted molar refractivity (Wildman–Crippen MR) is 122 cm³/mol. The maximum absolute atomic E-state index is 13.0. The Morgan fingerprint density at radius 2 is 1.66 bits per heavy atom. The molecule has 0 unspecified atom stereocenters. The van der Waals surface area contributed by atoms with E-state index in [1.54, 1.807) is 0 Å². The summed E-state index contributed by atoms with van der Waals surface area (Å²) >= 11 is 0. The standard InChI is InChI=1S/C24H24N2O.C2H4/c1-17-7-12-21(15-22(17)19-10-8-18(16-25)9-11-19)26-23(27)24(13-14-24)20-5-3-2-4-6-20;1-2/h2-12,15H,13-14,16,25H2,1H3,(H,26,27);1-2H2. The highest BCUT2D eigenvalue weighted by Gasteiger charge is 2.51. The molecular formula is C26H28N2O. The molecule has 1 aliphatic rings. The summed E-state index contributed by atoms with van der Waals surface area (Å²) in [4.78, 5) is 13.0. The zero-order chi connectivity index (χ0) is 20.9. The monoisotopic (exact) mass is 384 g/mol. The van der Waals surface area contributed by atoms with Crippen molar-refractivity contribution in [3.63, 3.8) is 0 Å². The third-order valence-corrected chi connectivity index (χ3v) is 5.51. The van der Waals surface area contributed by atoms with Crippen LogP contribution in [0.5, 0.6) is 0 Å². The van der Waals surface area contributed by atoms with Crippen LogP contribution >= 0.6 is 0 Å². The molecule has 0 saturated heterocycles. The molecule has 0 bridgehead atoms. The molecule has 0 heterocycles. The van der Waals surface area contributed by atoms with Crippen molar-refractivity contribution in [2.24, 2.45) is 5.73 Å². The van der Waals surface area contributed by atoms with Crippen molar-refractivity contribution >= 4 is 11.6 Å². The molecule has 29 heavy (non-hydrogen) atoms. The van der Waals surface area contributed by atoms with Gasteiger partial charge >= 0.3 is 0 Å². The van der Waals surface area contributed by atoms with E-state index in [1.807, 2.05) is 36.4 Å². The van der Waals surface area contributed by atoms with Gasteiger partial charge in [-0.1, -0.05) is 60.7 Å². The zero-order valence-corrected chi connectivity index (χ0v) is 16.9. The lowest BCUT2D eigenvalue weighted by Gasteiger charge is -2.17. The third kappa shape index (κ3) is 4.30. The molecule has 3 N–H and O–H groups in total. The maximum Gasteiger partial charge on any atom is 0.235 e. The van der Waals surface area contributed by atoms with E-state index in [-0.39, 0.29) is 11.3 Å². The van der Waals surface area contributed by atoms with E-state index in [2.05, 4.69) is 61.8 Å². The Kier molecular flexibility index (Phi) is 6.30. The van der Waals surface area contributed by atoms with Crippen LogP contribution in [0.15, 0.2) is 86.0 Å². The van der Waals surface area contributed by atoms with E-state index >= 15 is 0 Å². The smallest absolute Gasteiger partial charge is 0.235 e. The predicted octanol–water partition coefficient (Wildman–Crippen LogP) is 5.59. The van der Waals surface area contributed by atoms with Gasteiger partial charge in [0, 0.05) is 12.2 Å². The van der Waals surface area contributed by atoms with E-state index in [0.717, 1.165) is 40.8 Å². The minimum Gasteiger partial charge on any atom is -0.326 e. The summed E-state index contributed by atoms with van der Waals surface area (Å²) in [6, 6.07) is 24.4. The first kappa shape index (κ1) is 20.6. The van der Waals surface area contributed by atoms with Gasteiger partial charge in [0.05, 0.1) is 5.41 Å². The average Bonchev–Trinajstić information content (AvgIpc) is 3.59. The van der Waals surface area contributed by atoms with Gasteiger partial charge in [0.15, 0.2) is 0 Å². The van der Waals surface area contributed by atoms with Gasteiger partial charge in [0.25, 0.3) is 0 Å². The number of amides is 1. The number of hydrogen-bond acceptors (Lipinski definition) is 2. The second-order valence-corrected chi connectivity index (χ2v) is 7.33. The fourth-order valence-electron chi connectivity index (χ4n) is 3.61. The topological polar surface area (TPSA) is 55.1 Å². The van der Waals surface area contributed by atoms with Gasteiger partial charge in [-0.15, -0.1) is 13.2 Å². The van der Waals surface area contributed by atoms with Gasteiger partial charge in [-0.25, -0.2) is 0 Å². The normalized spacial score (nSPS) is 13.7. The second-order valence-electron chi connectivity index (χ2n) is 7.33. The molecule has 0 spiro atoms. The van der Waals surface area contributed by atoms with Crippen LogP contribution in [0, 0.1) is 6.92 Å². The zero-order valence-electron chi connectivity index (χ0n) is 16.9. The van der Waals surface area contributed by atoms with Crippen LogP contribution in [0.2, 0.25) is 0 Å². The summed E-state index contributed by atoms with van der Waals surface area (Å²) in [5.41, 5.74) is 11.8. The van der Waals surface area contributed by atoms with E-state index in [4.69, 9.17) is 5.73 Å². The lowest BCUT2D eigenvalue weighted by Crippen LogP contribution is -2.27. The highest BCUT2D eigenvalue weighted by Crippen LogP contribution is 2.49. The molecule has 3 aromatic rings. The first-order valence-corrected chi connectivity index (χ1v) is 9.89. The molecule has 1 saturated carbocycles. The second kappa shape index (κ2) is 8.89. The van der Waals surface area contributed by atoms with Gasteiger partial charge in [-0.3, -0.25) is 4.79 Å². The Morgan fingerprint density at radius 3 is 2.24 bits per heavy atom. The first-order valence-electron chi connectivity index (χ1n) is 9.89. The summed E-state index contributed by atoms with van der Waals surface area (Å²) in [6.45, 7) is 8.63. The number of hydrogen-bond donors (Lipinski definition) is 2. The van der Waals surface area contributed by atoms with Gasteiger partial charge < -0.3 is 11.1 Å². The quantitative estimate of drug-likeness (QED) is 0.563. The molecule has 1 amide bonds. The third-order valence-electron chi connectivity index (χ3n) is 5.51. The van der Waals surface area contributed by atoms with Crippen LogP contribution in [0.1, 0.15) is 29.5 Å². The summed E-state index contributed by atoms with van der Waals surface area (Å²) < 4.78 is 0. The molecule has 0 aliphatic heterocycles. The van der Waals surface area contributed by atoms with Crippen molar-refractivity contribution in [3.05, 3.63) is 103 Å². The van der Waals surface area contributed by atoms with Gasteiger partial charge in [-0.2, -0.15) is 0 Å². The number of nitrogens with two attached hydrogens (primary N) is 1. The molecule has 148 valence electrons. The van der Waals surface area contributed by atoms with Crippen molar-refractivity contribution < 1.29 is 4.79 Å². The summed E-state index contributed by atoms with van der Waals surface area (Å²) in [6.07, 6.45) is 1.81. The van der Waals surface area contributed by atoms with Crippen LogP contribution in [-0.2, 0) is 16.8 Å². The minimum atomic E-state index is -0.366. The van der Waals surface area contributed by atoms with E-state index in [9.17, 15) is 4.79 Å². The van der Waals surface area contributed by atoms with Crippen molar-refractivity contribution in [3.8, 4) is 11.1 Å². The first-order chi connectivity index (χ1) is 14.1. The van der Waals surface area contributed by atoms with Crippen LogP contribution in [0.25, 0.3) is 11.1 Å². The summed E-state index contributed by atoms with van der Waals surface area (Å²) in [5.74, 6) is 0.0852. The number of rotatable bonds is 5. The van der Waals surface area contributed by atoms with Crippen molar-refractivity contribution in [2.75, 3.05) is 5.32 Å². The van der Waals surface area contributed by atoms with Crippen LogP contribution in [-0.4, -0.2) is 5.91 Å². The van der Waals surface area contributed by atoms with Crippen molar-refractivity contribution in [2.45, 2.75) is 31.7 Å². The average molecular weight is 385 g/mol. The molecule has 3 nitrogen and oxygen atoms in total. The molecule has 1 fully saturated rings. The molecule has 1 aliphatic carbocycles. The summed E-state index contributed by atoms with van der Waals surface area (Å²) in [5, 5.41) is 3.14. The fourth-order valence-corrected chi connectivity index (χ4v) is 3.61. The number of carbonyl (C=O) groups excluding carboxylic acids is 1. The lowest BCUT2D eigenvalue weighted by atomic mass is 9.94. The fraction of sp³-hybridized carbons (Fsp3) is 0.192. The van der Waals surface area contributed by atoms with Crippen LogP contribution in [0.4, 0.5) is 5.69 Å². The van der Waals surface area contributed by atoms with Crippen molar-refractivity contribution in [1.29, 1.82) is 0 Å². The van der Waals surface area contributed by atoms with Crippen LogP contribution in [0.3, 0.4) is 0 Å². The molecule has 0 radical (unpaired) electrons. The Balaban J connectivity index is 0.00000117. The largest absolute Gasteiger partial charge is 0.326 e. The number of carbonyl (C=O) groups is 1. The van der Waals surface area contributed by atoms with E-state index < -0.39 is 0 Å². The Morgan fingerprint density at radius 1 is 1.00 bits per heavy atom. The van der Waals surface area contributed by atoms with Gasteiger partial charge in [0.1, 0.15) is 0 Å².